The van der Waals surface area contributed by atoms with Crippen molar-refractivity contribution in [2.75, 3.05) is 19.1 Å². The van der Waals surface area contributed by atoms with E-state index in [0.717, 1.165) is 37.0 Å². The van der Waals surface area contributed by atoms with E-state index in [4.69, 9.17) is 21.1 Å². The number of amides is 2. The standard InChI is InChI=1S/C28H32ClN3O4S/c1-4-25(26(33)30-19-8-6-5-7-9-19)37-28-31-23(16-18-10-13-21(35-2)14-11-18)27(34)32(28)20-12-15-24(36-3)22(29)17-20/h10-17,19,25H,4-9H2,1-3H3,(H,30,33)/b23-16+/t25-/m1/s1. The summed E-state index contributed by atoms with van der Waals surface area (Å²) >= 11 is 7.69. The molecule has 0 aromatic heterocycles. The van der Waals surface area contributed by atoms with Crippen molar-refractivity contribution in [2.45, 2.75) is 56.7 Å². The van der Waals surface area contributed by atoms with Crippen molar-refractivity contribution < 1.29 is 19.1 Å². The number of aliphatic imine (C=N–C) groups is 1. The summed E-state index contributed by atoms with van der Waals surface area (Å²) in [6.07, 6.45) is 7.86. The molecule has 1 aliphatic heterocycles. The second-order valence-electron chi connectivity index (χ2n) is 9.01. The monoisotopic (exact) mass is 541 g/mol. The molecule has 1 aliphatic carbocycles. The lowest BCUT2D eigenvalue weighted by molar-refractivity contribution is -0.121. The summed E-state index contributed by atoms with van der Waals surface area (Å²) in [6.45, 7) is 1.97. The van der Waals surface area contributed by atoms with Gasteiger partial charge in [0.1, 0.15) is 17.2 Å². The van der Waals surface area contributed by atoms with Gasteiger partial charge in [0.05, 0.1) is 30.2 Å². The number of benzene rings is 2. The summed E-state index contributed by atoms with van der Waals surface area (Å²) < 4.78 is 10.5. The van der Waals surface area contributed by atoms with E-state index >= 15 is 0 Å². The summed E-state index contributed by atoms with van der Waals surface area (Å²) in [6, 6.07) is 12.7. The first-order valence-corrected chi connectivity index (χ1v) is 13.8. The average molecular weight is 542 g/mol. The van der Waals surface area contributed by atoms with Crippen molar-refractivity contribution >= 4 is 52.1 Å². The Bertz CT molecular complexity index is 1190. The van der Waals surface area contributed by atoms with Crippen LogP contribution in [0.1, 0.15) is 51.0 Å². The summed E-state index contributed by atoms with van der Waals surface area (Å²) in [4.78, 5) is 33.0. The molecule has 0 unspecified atom stereocenters. The molecule has 0 bridgehead atoms. The Kier molecular flexibility index (Phi) is 9.16. The van der Waals surface area contributed by atoms with E-state index in [0.29, 0.717) is 28.0 Å². The number of carbonyl (C=O) groups excluding carboxylic acids is 2. The molecular formula is C28H32ClN3O4S. The number of rotatable bonds is 8. The lowest BCUT2D eigenvalue weighted by Crippen LogP contribution is -2.42. The highest BCUT2D eigenvalue weighted by molar-refractivity contribution is 8.15. The number of hydrogen-bond acceptors (Lipinski definition) is 6. The van der Waals surface area contributed by atoms with Gasteiger partial charge in [-0.3, -0.25) is 14.5 Å². The Balaban J connectivity index is 1.63. The molecule has 2 aromatic rings. The number of nitrogens with one attached hydrogen (secondary N) is 1. The van der Waals surface area contributed by atoms with Crippen molar-refractivity contribution in [1.29, 1.82) is 0 Å². The first-order chi connectivity index (χ1) is 17.9. The fourth-order valence-corrected chi connectivity index (χ4v) is 5.74. The van der Waals surface area contributed by atoms with Crippen LogP contribution in [-0.4, -0.2) is 42.5 Å². The third kappa shape index (κ3) is 6.48. The van der Waals surface area contributed by atoms with E-state index in [-0.39, 0.29) is 28.8 Å². The largest absolute Gasteiger partial charge is 0.497 e. The van der Waals surface area contributed by atoms with Gasteiger partial charge < -0.3 is 14.8 Å². The molecule has 7 nitrogen and oxygen atoms in total. The van der Waals surface area contributed by atoms with Gasteiger partial charge in [-0.15, -0.1) is 0 Å². The van der Waals surface area contributed by atoms with Gasteiger partial charge in [0.2, 0.25) is 5.91 Å². The molecule has 196 valence electrons. The minimum Gasteiger partial charge on any atom is -0.497 e. The second-order valence-corrected chi connectivity index (χ2v) is 10.6. The Morgan fingerprint density at radius 2 is 1.89 bits per heavy atom. The van der Waals surface area contributed by atoms with Crippen molar-refractivity contribution in [3.05, 3.63) is 58.7 Å². The number of nitrogens with zero attached hydrogens (tertiary/aromatic N) is 2. The van der Waals surface area contributed by atoms with Crippen molar-refractivity contribution in [2.24, 2.45) is 4.99 Å². The zero-order valence-electron chi connectivity index (χ0n) is 21.3. The maximum absolute atomic E-state index is 13.6. The Hall–Kier alpha value is -2.97. The molecule has 9 heteroatoms. The fourth-order valence-electron chi connectivity index (χ4n) is 4.45. The quantitative estimate of drug-likeness (QED) is 0.411. The van der Waals surface area contributed by atoms with Crippen LogP contribution < -0.4 is 19.7 Å². The number of hydrogen-bond donors (Lipinski definition) is 1. The van der Waals surface area contributed by atoms with E-state index in [9.17, 15) is 9.59 Å². The van der Waals surface area contributed by atoms with Gasteiger partial charge in [-0.05, 0) is 61.2 Å². The molecule has 2 aromatic carbocycles. The Morgan fingerprint density at radius 3 is 2.51 bits per heavy atom. The Morgan fingerprint density at radius 1 is 1.16 bits per heavy atom. The predicted molar refractivity (Wildman–Crippen MR) is 151 cm³/mol. The third-order valence-corrected chi connectivity index (χ3v) is 8.12. The molecule has 0 radical (unpaired) electrons. The van der Waals surface area contributed by atoms with Gasteiger partial charge in [0.25, 0.3) is 5.91 Å². The number of anilines is 1. The summed E-state index contributed by atoms with van der Waals surface area (Å²) in [5, 5.41) is 3.65. The van der Waals surface area contributed by atoms with Crippen molar-refractivity contribution in [3.63, 3.8) is 0 Å². The molecule has 1 N–H and O–H groups in total. The van der Waals surface area contributed by atoms with E-state index in [2.05, 4.69) is 10.3 Å². The normalized spacial score (nSPS) is 18.1. The maximum Gasteiger partial charge on any atom is 0.283 e. The molecule has 1 fully saturated rings. The highest BCUT2D eigenvalue weighted by Gasteiger charge is 2.35. The smallest absolute Gasteiger partial charge is 0.283 e. The molecular weight excluding hydrogens is 510 g/mol. The first-order valence-electron chi connectivity index (χ1n) is 12.5. The second kappa shape index (κ2) is 12.5. The number of ether oxygens (including phenoxy) is 2. The van der Waals surface area contributed by atoms with Crippen LogP contribution in [0.3, 0.4) is 0 Å². The summed E-state index contributed by atoms with van der Waals surface area (Å²) in [7, 11) is 3.14. The van der Waals surface area contributed by atoms with E-state index in [1.54, 1.807) is 31.4 Å². The van der Waals surface area contributed by atoms with Gasteiger partial charge in [-0.2, -0.15) is 0 Å². The number of halogens is 1. The molecule has 1 atom stereocenters. The van der Waals surface area contributed by atoms with Crippen LogP contribution in [0.15, 0.2) is 53.2 Å². The molecule has 0 saturated heterocycles. The van der Waals surface area contributed by atoms with Crippen LogP contribution in [0.4, 0.5) is 5.69 Å². The SMILES string of the molecule is CC[C@@H](SC1=N/C(=C/c2ccc(OC)cc2)C(=O)N1c1ccc(OC)c(Cl)c1)C(=O)NC1CCCCC1. The predicted octanol–water partition coefficient (Wildman–Crippen LogP) is 6.06. The van der Waals surface area contributed by atoms with Crippen LogP contribution in [-0.2, 0) is 9.59 Å². The summed E-state index contributed by atoms with van der Waals surface area (Å²) in [5.41, 5.74) is 1.65. The van der Waals surface area contributed by atoms with Crippen LogP contribution in [0.2, 0.25) is 5.02 Å². The lowest BCUT2D eigenvalue weighted by Gasteiger charge is -2.26. The molecule has 0 spiro atoms. The molecule has 1 saturated carbocycles. The average Bonchev–Trinajstić information content (AvgIpc) is 3.22. The van der Waals surface area contributed by atoms with Gasteiger partial charge in [-0.25, -0.2) is 4.99 Å². The molecule has 1 heterocycles. The third-order valence-electron chi connectivity index (χ3n) is 6.50. The maximum atomic E-state index is 13.6. The van der Waals surface area contributed by atoms with Crippen LogP contribution >= 0.6 is 23.4 Å². The zero-order valence-corrected chi connectivity index (χ0v) is 22.9. The highest BCUT2D eigenvalue weighted by Crippen LogP contribution is 2.36. The zero-order chi connectivity index (χ0) is 26.4. The molecule has 37 heavy (non-hydrogen) atoms. The van der Waals surface area contributed by atoms with E-state index in [1.807, 2.05) is 31.2 Å². The van der Waals surface area contributed by atoms with Gasteiger partial charge in [-0.1, -0.05) is 61.7 Å². The molecule has 2 amide bonds. The minimum atomic E-state index is -0.384. The van der Waals surface area contributed by atoms with Crippen LogP contribution in [0.25, 0.3) is 6.08 Å². The van der Waals surface area contributed by atoms with E-state index in [1.165, 1.54) is 30.2 Å². The van der Waals surface area contributed by atoms with Gasteiger partial charge >= 0.3 is 0 Å². The lowest BCUT2D eigenvalue weighted by atomic mass is 9.95. The number of carbonyl (C=O) groups is 2. The number of amidine groups is 1. The first kappa shape index (κ1) is 27.1. The number of thioether (sulfide) groups is 1. The van der Waals surface area contributed by atoms with Crippen LogP contribution in [0, 0.1) is 0 Å². The van der Waals surface area contributed by atoms with E-state index < -0.39 is 0 Å². The molecule has 2 aliphatic rings. The Labute approximate surface area is 227 Å². The topological polar surface area (TPSA) is 80.2 Å². The van der Waals surface area contributed by atoms with Crippen molar-refractivity contribution in [1.82, 2.24) is 5.32 Å². The van der Waals surface area contributed by atoms with Crippen LogP contribution in [0.5, 0.6) is 11.5 Å². The highest BCUT2D eigenvalue weighted by atomic mass is 35.5. The summed E-state index contributed by atoms with van der Waals surface area (Å²) in [5.74, 6) is 0.927. The fraction of sp³-hybridized carbons (Fsp3) is 0.393. The van der Waals surface area contributed by atoms with Gasteiger partial charge in [0.15, 0.2) is 5.17 Å². The minimum absolute atomic E-state index is 0.0187. The van der Waals surface area contributed by atoms with Gasteiger partial charge in [0, 0.05) is 6.04 Å². The molecule has 4 rings (SSSR count). The van der Waals surface area contributed by atoms with Crippen molar-refractivity contribution in [3.8, 4) is 11.5 Å². The number of methoxy groups -OCH3 is 2.